The maximum atomic E-state index is 14.1. The standard InChI is InChI=1S/C90H126F4N18O26S/c1-9-98-67(50-58(5)95)85(118)105-88-102-65-52-62(82(96)115)54-69(125-8)78(65)110(88)22-11-12-23-111-79-66(103-89(111)106-86(119)68-51-59(6)107-112(68)10-2)53-63(83(97)116)55-70(79)136-29-13-21-108-25-27-109(28-26-108)24-20-99-90(121)137-56-61-14-16-64(17-15-61)101-84(117)60(7)100-87(120)77(57(3)4)104-71(113)18-30-126-32-34-128-36-38-130-40-42-132-44-46-134-48-49-135-47-45-133-43-41-131-39-37-129-35-33-127-31-19-72(114)138-80-73(91)75(93)81(139(122,123)124)76(94)74(80)92/h14-17,50-55,57,60,77H,9-13,18-49,56,95H2,1-8H3,(H2,96,115)(H2,97,116)(H,99,121)(H,100,120)(H,101,117)(H,104,113)(H,102,105,118)(H,103,106,119)(H,122,123,124)/t60-,77-/m0/s1. The first-order chi connectivity index (χ1) is 66.7. The third-order valence-corrected chi connectivity index (χ3v) is 21.7. The quantitative estimate of drug-likeness (QED) is 0.00436. The predicted molar refractivity (Wildman–Crippen MR) is 497 cm³/mol. The number of aromatic nitrogens is 6. The first-order valence-corrected chi connectivity index (χ1v) is 46.8. The number of nitrogens with two attached hydrogens (primary N) is 3. The molecule has 2 atom stereocenters. The van der Waals surface area contributed by atoms with E-state index in [1.165, 1.54) is 32.2 Å². The Balaban J connectivity index is 0.626. The minimum atomic E-state index is -5.67. The highest BCUT2D eigenvalue weighted by molar-refractivity contribution is 7.85. The maximum absolute atomic E-state index is 14.1. The minimum Gasteiger partial charge on any atom is -0.494 e. The number of unbranched alkanes of at least 4 members (excludes halogenated alkanes) is 1. The number of rotatable bonds is 66. The van der Waals surface area contributed by atoms with Gasteiger partial charge in [0.2, 0.25) is 58.8 Å². The van der Waals surface area contributed by atoms with Crippen LogP contribution in [0.2, 0.25) is 0 Å². The number of esters is 1. The molecule has 0 unspecified atom stereocenters. The smallest absolute Gasteiger partial charge is 0.407 e. The molecule has 44 nitrogen and oxygen atoms in total. The number of alkyl carbamates (subject to hydrolysis) is 1. The molecular formula is C90H126F4N18O26S. The summed E-state index contributed by atoms with van der Waals surface area (Å²) in [5, 5.41) is 21.3. The second-order valence-electron chi connectivity index (χ2n) is 31.7. The molecule has 49 heteroatoms. The zero-order valence-corrected chi connectivity index (χ0v) is 80.0. The van der Waals surface area contributed by atoms with Crippen molar-refractivity contribution in [3.63, 3.8) is 0 Å². The lowest BCUT2D eigenvalue weighted by Gasteiger charge is -2.34. The molecule has 8 amide bonds. The highest BCUT2D eigenvalue weighted by Gasteiger charge is 2.35. The van der Waals surface area contributed by atoms with Crippen LogP contribution in [0.1, 0.15) is 116 Å². The summed E-state index contributed by atoms with van der Waals surface area (Å²) in [6.45, 7) is 23.0. The van der Waals surface area contributed by atoms with Crippen LogP contribution < -0.4 is 63.3 Å². The minimum absolute atomic E-state index is 0.00222. The van der Waals surface area contributed by atoms with Crippen molar-refractivity contribution in [3.05, 3.63) is 118 Å². The Morgan fingerprint density at radius 2 is 1.04 bits per heavy atom. The Kier molecular flexibility index (Phi) is 47.5. The average molecular weight is 1980 g/mol. The van der Waals surface area contributed by atoms with Crippen LogP contribution in [0.4, 0.5) is 39.9 Å². The van der Waals surface area contributed by atoms with Gasteiger partial charge in [0, 0.05) is 101 Å². The van der Waals surface area contributed by atoms with E-state index in [0.717, 1.165) is 26.2 Å². The molecule has 1 aliphatic rings. The fraction of sp³-hybridized carbons (Fsp3) is 0.544. The number of allylic oxidation sites excluding steroid dienone is 1. The molecule has 766 valence electrons. The summed E-state index contributed by atoms with van der Waals surface area (Å²) >= 11 is 0. The van der Waals surface area contributed by atoms with E-state index >= 15 is 0 Å². The van der Waals surface area contributed by atoms with E-state index in [-0.39, 0.29) is 133 Å². The number of fused-ring (bicyclic) bond motifs is 2. The van der Waals surface area contributed by atoms with Crippen LogP contribution in [0.5, 0.6) is 17.2 Å². The molecule has 7 aromatic rings. The number of halogens is 4. The molecule has 3 aromatic heterocycles. The molecule has 4 heterocycles. The van der Waals surface area contributed by atoms with Gasteiger partial charge in [-0.25, -0.2) is 23.5 Å². The lowest BCUT2D eigenvalue weighted by molar-refractivity contribution is -0.136. The summed E-state index contributed by atoms with van der Waals surface area (Å²) in [4.78, 5) is 134. The summed E-state index contributed by atoms with van der Waals surface area (Å²) in [5.74, 6) is -16.1. The molecule has 139 heavy (non-hydrogen) atoms. The van der Waals surface area contributed by atoms with Crippen molar-refractivity contribution in [2.24, 2.45) is 28.1 Å². The van der Waals surface area contributed by atoms with Gasteiger partial charge in [-0.15, -0.1) is 0 Å². The molecule has 1 fully saturated rings. The number of hydrogen-bond donors (Lipinski definition) is 10. The van der Waals surface area contributed by atoms with Crippen LogP contribution in [0.3, 0.4) is 0 Å². The van der Waals surface area contributed by atoms with Crippen molar-refractivity contribution in [2.45, 2.75) is 124 Å². The van der Waals surface area contributed by atoms with Gasteiger partial charge < -0.3 is 119 Å². The Morgan fingerprint density at radius 1 is 0.568 bits per heavy atom. The van der Waals surface area contributed by atoms with Gasteiger partial charge in [-0.1, -0.05) is 26.0 Å². The number of ether oxygens (including phenoxy) is 14. The number of nitrogens with one attached hydrogen (secondary N) is 6. The van der Waals surface area contributed by atoms with Crippen molar-refractivity contribution in [3.8, 4) is 17.2 Å². The van der Waals surface area contributed by atoms with Crippen LogP contribution in [-0.4, -0.2) is 321 Å². The van der Waals surface area contributed by atoms with Crippen molar-refractivity contribution in [2.75, 3.05) is 214 Å². The molecule has 8 rings (SSSR count). The SMILES string of the molecule is CCN=C(C=C(C)N)C(=O)Nc1nc2cc(C(N)=O)cc(OC)c2n1CCCCn1c(NC(=O)c2cc(C)nn2CC)nc2cc(C(N)=O)cc(OCCCN3CCN(CCNC(=O)OCc4ccc(NC(=O)[C@H](C)NC(=O)[C@@H](NC(=O)CCOCCOCCOCCOCCOCCOCCOCCOCCOCCOCCC(=O)Oc5c(F)c(F)c(S(=O)(=O)O)c(F)c5F)C(C)C)cc4)CC3)c21. The molecule has 0 spiro atoms. The normalized spacial score (nSPS) is 13.2. The zero-order chi connectivity index (χ0) is 101. The van der Waals surface area contributed by atoms with Gasteiger partial charge in [0.25, 0.3) is 11.8 Å². The zero-order valence-electron chi connectivity index (χ0n) is 79.2. The van der Waals surface area contributed by atoms with E-state index in [1.54, 1.807) is 86.3 Å². The molecule has 0 saturated carbocycles. The van der Waals surface area contributed by atoms with Gasteiger partial charge in [0.05, 0.1) is 169 Å². The monoisotopic (exact) mass is 1980 g/mol. The Bertz CT molecular complexity index is 5370. The van der Waals surface area contributed by atoms with Crippen molar-refractivity contribution in [1.82, 2.24) is 54.6 Å². The molecule has 0 radical (unpaired) electrons. The van der Waals surface area contributed by atoms with Crippen molar-refractivity contribution in [1.29, 1.82) is 0 Å². The van der Waals surface area contributed by atoms with E-state index < -0.39 is 116 Å². The first-order valence-electron chi connectivity index (χ1n) is 45.4. The summed E-state index contributed by atoms with van der Waals surface area (Å²) in [6.07, 6.45) is 1.73. The third kappa shape index (κ3) is 37.0. The number of methoxy groups -OCH3 is 1. The number of primary amides is 2. The Labute approximate surface area is 801 Å². The van der Waals surface area contributed by atoms with Gasteiger partial charge in [-0.05, 0) is 114 Å². The number of piperazine rings is 1. The maximum Gasteiger partial charge on any atom is 0.407 e. The topological polar surface area (TPSA) is 560 Å². The van der Waals surface area contributed by atoms with Crippen LogP contribution >= 0.6 is 0 Å². The number of carbonyl (C=O) groups is 9. The number of hydrogen-bond acceptors (Lipinski definition) is 32. The number of carbonyl (C=O) groups excluding carboxylic acids is 9. The molecule has 1 aliphatic heterocycles. The number of anilines is 3. The van der Waals surface area contributed by atoms with Gasteiger partial charge in [-0.2, -0.15) is 22.3 Å². The number of aryl methyl sites for hydroxylation is 4. The molecule has 1 saturated heterocycles. The van der Waals surface area contributed by atoms with Crippen LogP contribution in [0.25, 0.3) is 22.1 Å². The average Bonchev–Trinajstić information content (AvgIpc) is 1.45. The molecule has 4 aromatic carbocycles. The van der Waals surface area contributed by atoms with Crippen LogP contribution in [-0.2, 0) is 112 Å². The van der Waals surface area contributed by atoms with Gasteiger partial charge in [0.1, 0.15) is 52.6 Å². The predicted octanol–water partition coefficient (Wildman–Crippen LogP) is 5.36. The highest BCUT2D eigenvalue weighted by Crippen LogP contribution is 2.36. The fourth-order valence-electron chi connectivity index (χ4n) is 13.8. The van der Waals surface area contributed by atoms with E-state index in [9.17, 15) is 69.1 Å². The number of amides is 8. The number of aliphatic imine (C=N–C) groups is 1. The first kappa shape index (κ1) is 112. The lowest BCUT2D eigenvalue weighted by atomic mass is 10.0. The highest BCUT2D eigenvalue weighted by atomic mass is 32.2. The molecule has 13 N–H and O–H groups in total. The summed E-state index contributed by atoms with van der Waals surface area (Å²) in [6, 6.07) is 12.6. The number of nitrogens with zero attached hydrogens (tertiary/aromatic N) is 9. The number of imidazole rings is 2. The van der Waals surface area contributed by atoms with Crippen molar-refractivity contribution < 1.29 is 140 Å². The van der Waals surface area contributed by atoms with E-state index in [0.29, 0.717) is 181 Å². The van der Waals surface area contributed by atoms with E-state index in [1.807, 2.05) is 11.5 Å². The summed E-state index contributed by atoms with van der Waals surface area (Å²) < 4.78 is 169. The number of benzene rings is 4. The summed E-state index contributed by atoms with van der Waals surface area (Å²) in [7, 11) is -4.22. The van der Waals surface area contributed by atoms with Crippen LogP contribution in [0.15, 0.2) is 76.3 Å². The summed E-state index contributed by atoms with van der Waals surface area (Å²) in [5.41, 5.74) is 22.0. The van der Waals surface area contributed by atoms with Crippen molar-refractivity contribution >= 4 is 109 Å². The Hall–Kier alpha value is -12.0. The molecular weight excluding hydrogens is 1860 g/mol. The Morgan fingerprint density at radius 3 is 1.51 bits per heavy atom. The van der Waals surface area contributed by atoms with Gasteiger partial charge >= 0.3 is 22.2 Å². The lowest BCUT2D eigenvalue weighted by Crippen LogP contribution is -2.53. The third-order valence-electron chi connectivity index (χ3n) is 20.8. The van der Waals surface area contributed by atoms with Crippen LogP contribution in [0, 0.1) is 36.1 Å². The molecule has 0 bridgehead atoms. The van der Waals surface area contributed by atoms with Gasteiger partial charge in [-0.3, -0.25) is 68.1 Å². The fourth-order valence-corrected chi connectivity index (χ4v) is 14.5. The second-order valence-corrected chi connectivity index (χ2v) is 33.1. The van der Waals surface area contributed by atoms with E-state index in [4.69, 9.17) is 93.3 Å². The second kappa shape index (κ2) is 58.8. The molecule has 0 aliphatic carbocycles. The van der Waals surface area contributed by atoms with Gasteiger partial charge in [0.15, 0.2) is 16.5 Å². The largest absolute Gasteiger partial charge is 0.494 e. The van der Waals surface area contributed by atoms with E-state index in [2.05, 4.69) is 56.5 Å².